The first kappa shape index (κ1) is 11.6. The Morgan fingerprint density at radius 1 is 1.56 bits per heavy atom. The van der Waals surface area contributed by atoms with E-state index < -0.39 is 10.8 Å². The van der Waals surface area contributed by atoms with E-state index in [1.165, 1.54) is 0 Å². The number of benzene rings is 1. The molecule has 2 atom stereocenters. The number of hydrogen-bond acceptors (Lipinski definition) is 3. The van der Waals surface area contributed by atoms with Crippen LogP contribution >= 0.6 is 0 Å². The van der Waals surface area contributed by atoms with Crippen molar-refractivity contribution in [2.75, 3.05) is 19.4 Å². The molecule has 1 aromatic rings. The van der Waals surface area contributed by atoms with Crippen molar-refractivity contribution in [2.24, 2.45) is 0 Å². The summed E-state index contributed by atoms with van der Waals surface area (Å²) in [7, 11) is 0.713. The first-order valence-electron chi connectivity index (χ1n) is 5.56. The number of hydrogen-bond donors (Lipinski definition) is 1. The maximum Gasteiger partial charge on any atom is 0.135 e. The first-order valence-corrected chi connectivity index (χ1v) is 6.88. The zero-order chi connectivity index (χ0) is 11.5. The van der Waals surface area contributed by atoms with Gasteiger partial charge in [0.05, 0.1) is 22.8 Å². The van der Waals surface area contributed by atoms with Crippen LogP contribution in [0.4, 0.5) is 0 Å². The van der Waals surface area contributed by atoms with Gasteiger partial charge in [0.15, 0.2) is 0 Å². The highest BCUT2D eigenvalue weighted by Gasteiger charge is 2.26. The number of nitrogens with one attached hydrogen (secondary N) is 1. The molecule has 0 fully saturated rings. The van der Waals surface area contributed by atoms with Crippen LogP contribution in [0.3, 0.4) is 0 Å². The number of fused-ring (bicyclic) bond motifs is 1. The summed E-state index contributed by atoms with van der Waals surface area (Å²) in [6, 6.07) is 6.20. The molecule has 4 heteroatoms. The van der Waals surface area contributed by atoms with Gasteiger partial charge in [0.2, 0.25) is 0 Å². The predicted molar refractivity (Wildman–Crippen MR) is 65.3 cm³/mol. The van der Waals surface area contributed by atoms with Crippen LogP contribution in [0.15, 0.2) is 23.1 Å². The minimum Gasteiger partial charge on any atom is -0.495 e. The fourth-order valence-electron chi connectivity index (χ4n) is 2.15. The van der Waals surface area contributed by atoms with Gasteiger partial charge in [-0.1, -0.05) is 19.1 Å². The van der Waals surface area contributed by atoms with E-state index in [1.54, 1.807) is 7.11 Å². The lowest BCUT2D eigenvalue weighted by molar-refractivity contribution is 0.398. The molecule has 1 aromatic carbocycles. The molecule has 0 saturated carbocycles. The second-order valence-corrected chi connectivity index (χ2v) is 5.33. The van der Waals surface area contributed by atoms with E-state index in [0.29, 0.717) is 11.8 Å². The Morgan fingerprint density at radius 3 is 3.06 bits per heavy atom. The fraction of sp³-hybridized carbons (Fsp3) is 0.500. The molecular weight excluding hydrogens is 222 g/mol. The van der Waals surface area contributed by atoms with Crippen molar-refractivity contribution >= 4 is 10.8 Å². The fourth-order valence-corrected chi connectivity index (χ4v) is 3.66. The van der Waals surface area contributed by atoms with Gasteiger partial charge >= 0.3 is 0 Å². The van der Waals surface area contributed by atoms with Crippen LogP contribution in [0.5, 0.6) is 5.75 Å². The van der Waals surface area contributed by atoms with Gasteiger partial charge in [0.25, 0.3) is 0 Å². The number of ether oxygens (including phenoxy) is 1. The van der Waals surface area contributed by atoms with Crippen molar-refractivity contribution in [1.82, 2.24) is 5.32 Å². The second kappa shape index (κ2) is 4.97. The van der Waals surface area contributed by atoms with Gasteiger partial charge in [0, 0.05) is 11.8 Å². The van der Waals surface area contributed by atoms with Crippen molar-refractivity contribution in [1.29, 1.82) is 0 Å². The quantitative estimate of drug-likeness (QED) is 0.875. The minimum absolute atomic E-state index is 0.313. The van der Waals surface area contributed by atoms with E-state index in [4.69, 9.17) is 4.74 Å². The molecule has 0 amide bonds. The van der Waals surface area contributed by atoms with Crippen molar-refractivity contribution in [3.05, 3.63) is 23.8 Å². The third-order valence-corrected chi connectivity index (χ3v) is 4.37. The summed E-state index contributed by atoms with van der Waals surface area (Å²) in [6.07, 6.45) is 0.931. The van der Waals surface area contributed by atoms with E-state index in [2.05, 4.69) is 12.2 Å². The molecule has 0 radical (unpaired) electrons. The van der Waals surface area contributed by atoms with Gasteiger partial charge in [-0.25, -0.2) is 0 Å². The lowest BCUT2D eigenvalue weighted by Crippen LogP contribution is -2.27. The molecule has 0 saturated heterocycles. The van der Waals surface area contributed by atoms with Crippen molar-refractivity contribution < 1.29 is 8.95 Å². The van der Waals surface area contributed by atoms with Crippen LogP contribution in [0.25, 0.3) is 0 Å². The standard InChI is InChI=1S/C12H17NO2S/c1-3-13-10-7-8-16(14)12-9(10)5-4-6-11(12)15-2/h4-6,10,13H,3,7-8H2,1-2H3. The monoisotopic (exact) mass is 239 g/mol. The molecule has 0 aliphatic carbocycles. The third-order valence-electron chi connectivity index (χ3n) is 2.87. The first-order chi connectivity index (χ1) is 7.77. The van der Waals surface area contributed by atoms with Crippen molar-refractivity contribution in [3.63, 3.8) is 0 Å². The molecular formula is C12H17NO2S. The Morgan fingerprint density at radius 2 is 2.38 bits per heavy atom. The lowest BCUT2D eigenvalue weighted by atomic mass is 10.0. The van der Waals surface area contributed by atoms with Crippen LogP contribution in [0.1, 0.15) is 24.9 Å². The van der Waals surface area contributed by atoms with E-state index in [-0.39, 0.29) is 0 Å². The van der Waals surface area contributed by atoms with Crippen molar-refractivity contribution in [2.45, 2.75) is 24.3 Å². The predicted octanol–water partition coefficient (Wildman–Crippen LogP) is 1.86. The zero-order valence-electron chi connectivity index (χ0n) is 9.66. The SMILES string of the molecule is CCNC1CCS(=O)c2c(OC)cccc21. The topological polar surface area (TPSA) is 38.3 Å². The Balaban J connectivity index is 2.46. The van der Waals surface area contributed by atoms with Crippen LogP contribution in [-0.2, 0) is 10.8 Å². The van der Waals surface area contributed by atoms with E-state index in [9.17, 15) is 4.21 Å². The molecule has 1 aliphatic heterocycles. The van der Waals surface area contributed by atoms with Crippen LogP contribution in [-0.4, -0.2) is 23.6 Å². The van der Waals surface area contributed by atoms with E-state index in [0.717, 1.165) is 29.2 Å². The molecule has 0 aromatic heterocycles. The summed E-state index contributed by atoms with van der Waals surface area (Å²) >= 11 is 0. The Kier molecular flexibility index (Phi) is 3.61. The zero-order valence-corrected chi connectivity index (χ0v) is 10.5. The van der Waals surface area contributed by atoms with Gasteiger partial charge in [-0.05, 0) is 24.6 Å². The van der Waals surface area contributed by atoms with Gasteiger partial charge < -0.3 is 10.1 Å². The molecule has 2 rings (SSSR count). The molecule has 1 heterocycles. The van der Waals surface area contributed by atoms with Gasteiger partial charge in [-0.2, -0.15) is 0 Å². The van der Waals surface area contributed by atoms with E-state index in [1.807, 2.05) is 18.2 Å². The summed E-state index contributed by atoms with van der Waals surface area (Å²) in [5.74, 6) is 1.46. The summed E-state index contributed by atoms with van der Waals surface area (Å²) < 4.78 is 17.3. The molecule has 1 aliphatic rings. The maximum atomic E-state index is 12.0. The van der Waals surface area contributed by atoms with E-state index >= 15 is 0 Å². The Hall–Kier alpha value is -0.870. The normalized spacial score (nSPS) is 23.9. The highest BCUT2D eigenvalue weighted by molar-refractivity contribution is 7.85. The molecule has 0 spiro atoms. The Labute approximate surface area is 98.7 Å². The summed E-state index contributed by atoms with van der Waals surface area (Å²) in [6.45, 7) is 3.01. The molecule has 3 nitrogen and oxygen atoms in total. The van der Waals surface area contributed by atoms with Crippen LogP contribution < -0.4 is 10.1 Å². The molecule has 88 valence electrons. The largest absolute Gasteiger partial charge is 0.495 e. The average molecular weight is 239 g/mol. The molecule has 1 N–H and O–H groups in total. The number of methoxy groups -OCH3 is 1. The lowest BCUT2D eigenvalue weighted by Gasteiger charge is -2.26. The van der Waals surface area contributed by atoms with Crippen LogP contribution in [0, 0.1) is 0 Å². The average Bonchev–Trinajstić information content (AvgIpc) is 2.32. The second-order valence-electron chi connectivity index (χ2n) is 3.83. The van der Waals surface area contributed by atoms with Gasteiger partial charge in [0.1, 0.15) is 5.75 Å². The van der Waals surface area contributed by atoms with Crippen molar-refractivity contribution in [3.8, 4) is 5.75 Å². The van der Waals surface area contributed by atoms with Gasteiger partial charge in [-0.15, -0.1) is 0 Å². The maximum absolute atomic E-state index is 12.0. The molecule has 16 heavy (non-hydrogen) atoms. The minimum atomic E-state index is -0.916. The van der Waals surface area contributed by atoms with Gasteiger partial charge in [-0.3, -0.25) is 4.21 Å². The molecule has 0 bridgehead atoms. The summed E-state index contributed by atoms with van der Waals surface area (Å²) in [5.41, 5.74) is 1.13. The third kappa shape index (κ3) is 1.99. The van der Waals surface area contributed by atoms with Crippen LogP contribution in [0.2, 0.25) is 0 Å². The number of rotatable bonds is 3. The molecule has 2 unspecified atom stereocenters. The summed E-state index contributed by atoms with van der Waals surface area (Å²) in [4.78, 5) is 0.877. The smallest absolute Gasteiger partial charge is 0.135 e. The highest BCUT2D eigenvalue weighted by atomic mass is 32.2. The highest BCUT2D eigenvalue weighted by Crippen LogP contribution is 2.35. The Bertz CT molecular complexity index is 406. The summed E-state index contributed by atoms with van der Waals surface area (Å²) in [5, 5.41) is 3.42.